The van der Waals surface area contributed by atoms with Crippen molar-refractivity contribution in [3.05, 3.63) is 48.3 Å². The molecule has 1 aromatic heterocycles. The molecule has 0 saturated heterocycles. The minimum atomic E-state index is -4.54. The van der Waals surface area contributed by atoms with Crippen molar-refractivity contribution in [3.63, 3.8) is 0 Å². The molecule has 1 unspecified atom stereocenters. The molecule has 1 N–H and O–H groups in total. The van der Waals surface area contributed by atoms with Gasteiger partial charge in [0.05, 0.1) is 5.69 Å². The van der Waals surface area contributed by atoms with Crippen molar-refractivity contribution in [3.8, 4) is 5.69 Å². The summed E-state index contributed by atoms with van der Waals surface area (Å²) in [4.78, 5) is 0. The van der Waals surface area contributed by atoms with E-state index >= 15 is 0 Å². The van der Waals surface area contributed by atoms with Crippen LogP contribution in [-0.2, 0) is 5.75 Å². The Balaban J connectivity index is 1.86. The molecule has 1 atom stereocenters. The van der Waals surface area contributed by atoms with Crippen molar-refractivity contribution >= 4 is 11.8 Å². The summed E-state index contributed by atoms with van der Waals surface area (Å²) in [5, 5.41) is 13.0. The first-order valence-corrected chi connectivity index (χ1v) is 7.04. The molecule has 3 nitrogen and oxygen atoms in total. The average Bonchev–Trinajstić information content (AvgIpc) is 2.92. The summed E-state index contributed by atoms with van der Waals surface area (Å²) in [6, 6.07) is 9.18. The topological polar surface area (TPSA) is 38.0 Å². The zero-order valence-corrected chi connectivity index (χ0v) is 11.2. The highest BCUT2D eigenvalue weighted by atomic mass is 32.2. The van der Waals surface area contributed by atoms with Crippen LogP contribution >= 0.6 is 11.8 Å². The Hall–Kier alpha value is -1.47. The third-order valence-corrected chi connectivity index (χ3v) is 3.72. The largest absolute Gasteiger partial charge is 0.415 e. The number of alkyl halides is 3. The third kappa shape index (κ3) is 4.01. The molecule has 0 amide bonds. The lowest BCUT2D eigenvalue weighted by Gasteiger charge is -2.13. The maximum atomic E-state index is 12.1. The summed E-state index contributed by atoms with van der Waals surface area (Å²) in [6.07, 6.45) is -3.33. The van der Waals surface area contributed by atoms with Crippen LogP contribution in [0.4, 0.5) is 13.2 Å². The number of aromatic nitrogens is 2. The molecule has 0 aliphatic rings. The minimum absolute atomic E-state index is 0.357. The second-order valence-electron chi connectivity index (χ2n) is 4.19. The van der Waals surface area contributed by atoms with E-state index in [0.717, 1.165) is 23.0 Å². The van der Waals surface area contributed by atoms with Gasteiger partial charge in [0.2, 0.25) is 0 Å². The highest BCUT2D eigenvalue weighted by molar-refractivity contribution is 7.98. The average molecular weight is 302 g/mol. The maximum absolute atomic E-state index is 12.1. The van der Waals surface area contributed by atoms with Crippen LogP contribution in [0.15, 0.2) is 42.7 Å². The fourth-order valence-electron chi connectivity index (χ4n) is 1.55. The van der Waals surface area contributed by atoms with E-state index in [1.165, 1.54) is 0 Å². The van der Waals surface area contributed by atoms with Gasteiger partial charge in [0.15, 0.2) is 6.10 Å². The van der Waals surface area contributed by atoms with Crippen LogP contribution in [0.25, 0.3) is 5.69 Å². The second-order valence-corrected chi connectivity index (χ2v) is 5.22. The fraction of sp³-hybridized carbons (Fsp3) is 0.308. The number of rotatable bonds is 5. The summed E-state index contributed by atoms with van der Waals surface area (Å²) < 4.78 is 38.0. The summed E-state index contributed by atoms with van der Waals surface area (Å²) >= 11 is 1.05. The van der Waals surface area contributed by atoms with Crippen LogP contribution in [0.3, 0.4) is 0 Å². The zero-order valence-electron chi connectivity index (χ0n) is 10.4. The number of nitrogens with zero attached hydrogens (tertiary/aromatic N) is 2. The van der Waals surface area contributed by atoms with Crippen LogP contribution in [0.2, 0.25) is 0 Å². The quantitative estimate of drug-likeness (QED) is 0.922. The van der Waals surface area contributed by atoms with Crippen molar-refractivity contribution in [1.82, 2.24) is 9.78 Å². The Kier molecular flexibility index (Phi) is 4.72. The molecule has 2 aromatic rings. The molecule has 0 aliphatic heterocycles. The van der Waals surface area contributed by atoms with Crippen molar-refractivity contribution in [2.75, 3.05) is 5.75 Å². The van der Waals surface area contributed by atoms with Crippen LogP contribution < -0.4 is 0 Å². The Morgan fingerprint density at radius 3 is 2.50 bits per heavy atom. The highest BCUT2D eigenvalue weighted by Gasteiger charge is 2.37. The molecule has 0 saturated carbocycles. The molecule has 20 heavy (non-hydrogen) atoms. The van der Waals surface area contributed by atoms with Crippen LogP contribution in [-0.4, -0.2) is 32.9 Å². The van der Waals surface area contributed by atoms with Gasteiger partial charge in [0.25, 0.3) is 0 Å². The number of aliphatic hydroxyl groups is 1. The zero-order chi connectivity index (χ0) is 14.6. The monoisotopic (exact) mass is 302 g/mol. The number of benzene rings is 1. The molecule has 0 bridgehead atoms. The van der Waals surface area contributed by atoms with Gasteiger partial charge in [-0.05, 0) is 23.8 Å². The fourth-order valence-corrected chi connectivity index (χ4v) is 2.51. The van der Waals surface area contributed by atoms with Gasteiger partial charge in [-0.1, -0.05) is 12.1 Å². The van der Waals surface area contributed by atoms with Crippen molar-refractivity contribution in [1.29, 1.82) is 0 Å². The predicted molar refractivity (Wildman–Crippen MR) is 71.8 cm³/mol. The van der Waals surface area contributed by atoms with Crippen molar-refractivity contribution in [2.45, 2.75) is 18.0 Å². The molecule has 7 heteroatoms. The molecule has 0 radical (unpaired) electrons. The number of thioether (sulfide) groups is 1. The van der Waals surface area contributed by atoms with Gasteiger partial charge in [-0.3, -0.25) is 0 Å². The van der Waals surface area contributed by atoms with E-state index in [2.05, 4.69) is 5.10 Å². The molecule has 2 rings (SSSR count). The molecule has 108 valence electrons. The van der Waals surface area contributed by atoms with Gasteiger partial charge >= 0.3 is 6.18 Å². The van der Waals surface area contributed by atoms with E-state index in [9.17, 15) is 13.2 Å². The second kappa shape index (κ2) is 6.32. The normalized spacial score (nSPS) is 13.4. The molecule has 0 fully saturated rings. The number of hydrogen-bond donors (Lipinski definition) is 1. The lowest BCUT2D eigenvalue weighted by Crippen LogP contribution is -2.30. The van der Waals surface area contributed by atoms with Gasteiger partial charge in [0, 0.05) is 23.9 Å². The van der Waals surface area contributed by atoms with E-state index in [0.29, 0.717) is 5.75 Å². The minimum Gasteiger partial charge on any atom is -0.383 e. The molecule has 1 aromatic carbocycles. The number of halogens is 3. The molecule has 1 heterocycles. The Morgan fingerprint density at radius 2 is 1.95 bits per heavy atom. The SMILES string of the molecule is OC(CSCc1ccc(-n2cccn2)cc1)C(F)(F)F. The predicted octanol–water partition coefficient (Wildman–Crippen LogP) is 3.03. The van der Waals surface area contributed by atoms with E-state index in [1.807, 2.05) is 36.5 Å². The smallest absolute Gasteiger partial charge is 0.383 e. The van der Waals surface area contributed by atoms with E-state index in [1.54, 1.807) is 10.9 Å². The first-order valence-electron chi connectivity index (χ1n) is 5.88. The first kappa shape index (κ1) is 14.9. The lowest BCUT2D eigenvalue weighted by atomic mass is 10.2. The van der Waals surface area contributed by atoms with E-state index in [4.69, 9.17) is 5.11 Å². The summed E-state index contributed by atoms with van der Waals surface area (Å²) in [5.41, 5.74) is 1.79. The molecule has 0 spiro atoms. The summed E-state index contributed by atoms with van der Waals surface area (Å²) in [6.45, 7) is 0. The third-order valence-electron chi connectivity index (χ3n) is 2.63. The highest BCUT2D eigenvalue weighted by Crippen LogP contribution is 2.24. The molecule has 0 aliphatic carbocycles. The number of hydrogen-bond acceptors (Lipinski definition) is 3. The van der Waals surface area contributed by atoms with Gasteiger partial charge in [-0.25, -0.2) is 4.68 Å². The van der Waals surface area contributed by atoms with Gasteiger partial charge in [-0.2, -0.15) is 30.0 Å². The molecular formula is C13H13F3N2OS. The van der Waals surface area contributed by atoms with Crippen LogP contribution in [0.1, 0.15) is 5.56 Å². The lowest BCUT2D eigenvalue weighted by molar-refractivity contribution is -0.195. The van der Waals surface area contributed by atoms with Crippen molar-refractivity contribution < 1.29 is 18.3 Å². The van der Waals surface area contributed by atoms with Gasteiger partial charge in [-0.15, -0.1) is 0 Å². The van der Waals surface area contributed by atoms with Crippen LogP contribution in [0, 0.1) is 0 Å². The van der Waals surface area contributed by atoms with E-state index in [-0.39, 0.29) is 5.75 Å². The first-order chi connectivity index (χ1) is 9.47. The Bertz CT molecular complexity index is 526. The Labute approximate surface area is 118 Å². The number of aliphatic hydroxyl groups excluding tert-OH is 1. The van der Waals surface area contributed by atoms with Crippen molar-refractivity contribution in [2.24, 2.45) is 0 Å². The molecular weight excluding hydrogens is 289 g/mol. The van der Waals surface area contributed by atoms with E-state index < -0.39 is 12.3 Å². The van der Waals surface area contributed by atoms with Gasteiger partial charge < -0.3 is 5.11 Å². The standard InChI is InChI=1S/C13H13F3N2OS/c14-13(15,16)12(19)9-20-8-10-2-4-11(5-3-10)18-7-1-6-17-18/h1-7,12,19H,8-9H2. The Morgan fingerprint density at radius 1 is 1.25 bits per heavy atom. The maximum Gasteiger partial charge on any atom is 0.415 e. The van der Waals surface area contributed by atoms with Gasteiger partial charge in [0.1, 0.15) is 0 Å². The summed E-state index contributed by atoms with van der Waals surface area (Å²) in [7, 11) is 0. The van der Waals surface area contributed by atoms with Crippen LogP contribution in [0.5, 0.6) is 0 Å². The summed E-state index contributed by atoms with van der Waals surface area (Å²) in [5.74, 6) is 0.0664.